The normalized spacial score (nSPS) is 13.6. The number of ether oxygens (including phenoxy) is 1. The van der Waals surface area contributed by atoms with Crippen LogP contribution in [0.1, 0.15) is 99.9 Å². The van der Waals surface area contributed by atoms with Gasteiger partial charge in [0.05, 0.1) is 16.6 Å². The molecule has 1 fully saturated rings. The summed E-state index contributed by atoms with van der Waals surface area (Å²) >= 11 is 0. The third-order valence-corrected chi connectivity index (χ3v) is 9.67. The first-order valence-corrected chi connectivity index (χ1v) is 18.7. The zero-order valence-corrected chi connectivity index (χ0v) is 30.7. The molecule has 7 heteroatoms. The zero-order valence-electron chi connectivity index (χ0n) is 30.7. The monoisotopic (exact) mass is 684 g/mol. The van der Waals surface area contributed by atoms with Crippen LogP contribution in [0.15, 0.2) is 97.1 Å². The SMILES string of the molecule is CCCCc1nc2ccc(N(CCc3ccccc3)C(=O)NC3CCCCC3)cc2n1Cc1ccc(-c2ccccc2C(=O)OC(C)(C)C)cc1. The third kappa shape index (κ3) is 9.26. The van der Waals surface area contributed by atoms with Gasteiger partial charge in [0.15, 0.2) is 0 Å². The summed E-state index contributed by atoms with van der Waals surface area (Å²) in [5, 5.41) is 3.37. The highest BCUT2D eigenvalue weighted by atomic mass is 16.6. The van der Waals surface area contributed by atoms with Gasteiger partial charge in [-0.15, -0.1) is 0 Å². The quantitative estimate of drug-likeness (QED) is 0.133. The van der Waals surface area contributed by atoms with Gasteiger partial charge in [0.2, 0.25) is 0 Å². The lowest BCUT2D eigenvalue weighted by atomic mass is 9.96. The van der Waals surface area contributed by atoms with Gasteiger partial charge in [-0.05, 0) is 93.0 Å². The Kier molecular flexibility index (Phi) is 11.5. The summed E-state index contributed by atoms with van der Waals surface area (Å²) in [4.78, 5) is 34.0. The van der Waals surface area contributed by atoms with E-state index in [2.05, 4.69) is 77.5 Å². The molecule has 1 aromatic heterocycles. The number of nitrogens with zero attached hydrogens (tertiary/aromatic N) is 3. The van der Waals surface area contributed by atoms with Crippen molar-refractivity contribution in [1.29, 1.82) is 0 Å². The van der Waals surface area contributed by atoms with Gasteiger partial charge in [0.1, 0.15) is 11.4 Å². The second kappa shape index (κ2) is 16.4. The molecule has 2 amide bonds. The highest BCUT2D eigenvalue weighted by Crippen LogP contribution is 2.29. The van der Waals surface area contributed by atoms with Gasteiger partial charge in [-0.1, -0.05) is 105 Å². The molecule has 0 atom stereocenters. The van der Waals surface area contributed by atoms with Crippen LogP contribution in [-0.2, 0) is 24.1 Å². The molecule has 0 saturated heterocycles. The standard InChI is InChI=1S/C44H52N4O3/c1-5-6-21-41-46-39-27-26-36(47(29-28-32-15-9-7-10-16-32)43(50)45-35-17-11-8-12-18-35)30-40(39)48(41)31-33-22-24-34(25-23-33)37-19-13-14-20-38(37)42(49)51-44(2,3)4/h7,9-10,13-16,19-20,22-27,30,35H,5-6,8,11-12,17-18,21,28-29,31H2,1-4H3,(H,45,50). The number of carbonyl (C=O) groups excluding carboxylic acids is 2. The van der Waals surface area contributed by atoms with E-state index in [4.69, 9.17) is 9.72 Å². The lowest BCUT2D eigenvalue weighted by Gasteiger charge is -2.28. The van der Waals surface area contributed by atoms with Gasteiger partial charge in [0.25, 0.3) is 0 Å². The summed E-state index contributed by atoms with van der Waals surface area (Å²) in [6.07, 6.45) is 9.41. The maximum atomic E-state index is 13.9. The smallest absolute Gasteiger partial charge is 0.339 e. The fourth-order valence-corrected chi connectivity index (χ4v) is 6.98. The van der Waals surface area contributed by atoms with Crippen LogP contribution < -0.4 is 10.2 Å². The topological polar surface area (TPSA) is 76.5 Å². The van der Waals surface area contributed by atoms with Gasteiger partial charge >= 0.3 is 12.0 Å². The Bertz CT molecular complexity index is 1920. The molecule has 1 aliphatic carbocycles. The highest BCUT2D eigenvalue weighted by molar-refractivity contribution is 5.97. The number of carbonyl (C=O) groups is 2. The molecule has 1 saturated carbocycles. The predicted molar refractivity (Wildman–Crippen MR) is 207 cm³/mol. The van der Waals surface area contributed by atoms with E-state index in [9.17, 15) is 9.59 Å². The first kappa shape index (κ1) is 35.9. The van der Waals surface area contributed by atoms with Crippen molar-refractivity contribution in [3.63, 3.8) is 0 Å². The fraction of sp³-hybridized carbons (Fsp3) is 0.386. The van der Waals surface area contributed by atoms with Gasteiger partial charge in [-0.2, -0.15) is 0 Å². The van der Waals surface area contributed by atoms with Crippen molar-refractivity contribution < 1.29 is 14.3 Å². The van der Waals surface area contributed by atoms with E-state index in [0.717, 1.165) is 90.6 Å². The van der Waals surface area contributed by atoms with Crippen molar-refractivity contribution in [2.24, 2.45) is 0 Å². The van der Waals surface area contributed by atoms with E-state index in [-0.39, 0.29) is 18.0 Å². The minimum absolute atomic E-state index is 0.0308. The van der Waals surface area contributed by atoms with Crippen molar-refractivity contribution >= 4 is 28.7 Å². The molecule has 51 heavy (non-hydrogen) atoms. The van der Waals surface area contributed by atoms with Crippen LogP contribution in [0.4, 0.5) is 10.5 Å². The number of fused-ring (bicyclic) bond motifs is 1. The third-order valence-electron chi connectivity index (χ3n) is 9.67. The molecular formula is C44H52N4O3. The molecule has 7 nitrogen and oxygen atoms in total. The average molecular weight is 685 g/mol. The number of nitrogens with one attached hydrogen (secondary N) is 1. The maximum Gasteiger partial charge on any atom is 0.339 e. The molecule has 6 rings (SSSR count). The van der Waals surface area contributed by atoms with Gasteiger partial charge < -0.3 is 14.6 Å². The van der Waals surface area contributed by atoms with E-state index in [1.165, 1.54) is 12.0 Å². The molecular weight excluding hydrogens is 633 g/mol. The molecule has 5 aromatic rings. The molecule has 1 N–H and O–H groups in total. The average Bonchev–Trinajstić information content (AvgIpc) is 3.47. The number of rotatable bonds is 12. The number of hydrogen-bond donors (Lipinski definition) is 1. The van der Waals surface area contributed by atoms with Crippen LogP contribution in [0, 0.1) is 0 Å². The van der Waals surface area contributed by atoms with Gasteiger partial charge in [-0.3, -0.25) is 4.90 Å². The molecule has 0 bridgehead atoms. The van der Waals surface area contributed by atoms with E-state index in [0.29, 0.717) is 18.7 Å². The summed E-state index contributed by atoms with van der Waals surface area (Å²) in [7, 11) is 0. The number of esters is 1. The van der Waals surface area contributed by atoms with Crippen LogP contribution in [0.5, 0.6) is 0 Å². The van der Waals surface area contributed by atoms with E-state index in [1.54, 1.807) is 0 Å². The number of amides is 2. The van der Waals surface area contributed by atoms with E-state index >= 15 is 0 Å². The summed E-state index contributed by atoms with van der Waals surface area (Å²) in [6.45, 7) is 9.08. The largest absolute Gasteiger partial charge is 0.456 e. The number of aromatic nitrogens is 2. The molecule has 1 heterocycles. The molecule has 266 valence electrons. The lowest BCUT2D eigenvalue weighted by molar-refractivity contribution is 0.00703. The van der Waals surface area contributed by atoms with Crippen molar-refractivity contribution in [3.05, 3.63) is 120 Å². The Labute approximate surface area is 303 Å². The second-order valence-electron chi connectivity index (χ2n) is 14.8. The molecule has 0 spiro atoms. The molecule has 4 aromatic carbocycles. The Balaban J connectivity index is 1.30. The van der Waals surface area contributed by atoms with Crippen molar-refractivity contribution in [2.75, 3.05) is 11.4 Å². The maximum absolute atomic E-state index is 13.9. The van der Waals surface area contributed by atoms with Crippen LogP contribution in [0.2, 0.25) is 0 Å². The van der Waals surface area contributed by atoms with Gasteiger partial charge in [-0.25, -0.2) is 14.6 Å². The molecule has 0 aliphatic heterocycles. The second-order valence-corrected chi connectivity index (χ2v) is 14.8. The fourth-order valence-electron chi connectivity index (χ4n) is 6.98. The Hall–Kier alpha value is -4.91. The van der Waals surface area contributed by atoms with Crippen LogP contribution in [0.3, 0.4) is 0 Å². The zero-order chi connectivity index (χ0) is 35.8. The summed E-state index contributed by atoms with van der Waals surface area (Å²) in [5.41, 5.74) is 6.96. The van der Waals surface area contributed by atoms with E-state index < -0.39 is 5.60 Å². The molecule has 0 unspecified atom stereocenters. The number of unbranched alkanes of at least 4 members (excludes halogenated alkanes) is 1. The van der Waals surface area contributed by atoms with Crippen LogP contribution in [-0.4, -0.2) is 39.7 Å². The highest BCUT2D eigenvalue weighted by Gasteiger charge is 2.23. The molecule has 1 aliphatic rings. The number of benzene rings is 4. The van der Waals surface area contributed by atoms with Crippen LogP contribution in [0.25, 0.3) is 22.2 Å². The Morgan fingerprint density at radius 2 is 1.59 bits per heavy atom. The minimum Gasteiger partial charge on any atom is -0.456 e. The molecule has 0 radical (unpaired) electrons. The number of aryl methyl sites for hydroxylation is 1. The summed E-state index contributed by atoms with van der Waals surface area (Å²) in [6, 6.07) is 32.9. The van der Waals surface area contributed by atoms with Crippen molar-refractivity contribution in [1.82, 2.24) is 14.9 Å². The lowest BCUT2D eigenvalue weighted by Crippen LogP contribution is -2.46. The van der Waals surface area contributed by atoms with Crippen LogP contribution >= 0.6 is 0 Å². The van der Waals surface area contributed by atoms with Crippen molar-refractivity contribution in [2.45, 2.75) is 104 Å². The summed E-state index contributed by atoms with van der Waals surface area (Å²) in [5.74, 6) is 0.722. The number of hydrogen-bond acceptors (Lipinski definition) is 4. The number of anilines is 1. The van der Waals surface area contributed by atoms with Crippen molar-refractivity contribution in [3.8, 4) is 11.1 Å². The van der Waals surface area contributed by atoms with Gasteiger partial charge in [0, 0.05) is 31.2 Å². The predicted octanol–water partition coefficient (Wildman–Crippen LogP) is 10.1. The van der Waals surface area contributed by atoms with E-state index in [1.807, 2.05) is 62.1 Å². The number of imidazole rings is 1. The first-order chi connectivity index (χ1) is 24.7. The summed E-state index contributed by atoms with van der Waals surface area (Å²) < 4.78 is 8.02. The Morgan fingerprint density at radius 1 is 0.863 bits per heavy atom. The Morgan fingerprint density at radius 3 is 2.31 bits per heavy atom. The minimum atomic E-state index is -0.574. The number of urea groups is 1. The first-order valence-electron chi connectivity index (χ1n) is 18.7.